The van der Waals surface area contributed by atoms with Gasteiger partial charge in [-0.2, -0.15) is 5.26 Å². The Morgan fingerprint density at radius 1 is 1.00 bits per heavy atom. The minimum Gasteiger partial charge on any atom is -0.322 e. The third kappa shape index (κ3) is 2.81. The van der Waals surface area contributed by atoms with Crippen LogP contribution in [0.25, 0.3) is 21.8 Å². The molecule has 0 saturated carbocycles. The minimum atomic E-state index is -0.569. The molecule has 2 N–H and O–H groups in total. The summed E-state index contributed by atoms with van der Waals surface area (Å²) in [6.45, 7) is -0.0154. The first-order valence-electron chi connectivity index (χ1n) is 7.94. The topological polar surface area (TPSA) is 112 Å². The average molecular weight is 362 g/mol. The highest BCUT2D eigenvalue weighted by Gasteiger charge is 2.10. The van der Waals surface area contributed by atoms with Crippen molar-refractivity contribution in [3.05, 3.63) is 90.6 Å². The van der Waals surface area contributed by atoms with Gasteiger partial charge in [-0.3, -0.25) is 14.4 Å². The molecular weight excluding hydrogens is 351 g/mol. The Labute approximate surface area is 149 Å². The second kappa shape index (κ2) is 6.07. The molecular formula is C19H11FN4O3. The zero-order valence-corrected chi connectivity index (χ0v) is 13.7. The number of rotatable bonds is 2. The number of nitrogens with zero attached hydrogens (tertiary/aromatic N) is 2. The lowest BCUT2D eigenvalue weighted by Crippen LogP contribution is -2.25. The largest absolute Gasteiger partial charge is 0.322 e. The van der Waals surface area contributed by atoms with Crippen LogP contribution >= 0.6 is 0 Å². The van der Waals surface area contributed by atoms with E-state index in [9.17, 15) is 18.8 Å². The smallest absolute Gasteiger partial charge is 0.266 e. The summed E-state index contributed by atoms with van der Waals surface area (Å²) in [6.07, 6.45) is 1.46. The van der Waals surface area contributed by atoms with Crippen molar-refractivity contribution in [1.29, 1.82) is 5.26 Å². The number of H-pyrrole nitrogens is 2. The van der Waals surface area contributed by atoms with E-state index in [1.807, 2.05) is 0 Å². The van der Waals surface area contributed by atoms with Gasteiger partial charge in [-0.05, 0) is 41.8 Å². The average Bonchev–Trinajstić information content (AvgIpc) is 2.64. The summed E-state index contributed by atoms with van der Waals surface area (Å²) in [5.74, 6) is -0.459. The lowest BCUT2D eigenvalue weighted by molar-refractivity contribution is 0.629. The van der Waals surface area contributed by atoms with Gasteiger partial charge in [0.1, 0.15) is 17.4 Å². The van der Waals surface area contributed by atoms with E-state index in [0.717, 1.165) is 0 Å². The summed E-state index contributed by atoms with van der Waals surface area (Å²) in [5.41, 5.74) is -0.615. The van der Waals surface area contributed by atoms with Crippen molar-refractivity contribution in [1.82, 2.24) is 14.5 Å². The van der Waals surface area contributed by atoms with Gasteiger partial charge in [0.05, 0.1) is 23.0 Å². The molecule has 0 amide bonds. The first kappa shape index (κ1) is 16.5. The summed E-state index contributed by atoms with van der Waals surface area (Å²) in [7, 11) is 0. The van der Waals surface area contributed by atoms with Crippen molar-refractivity contribution >= 4 is 21.8 Å². The lowest BCUT2D eigenvalue weighted by atomic mass is 10.1. The van der Waals surface area contributed by atoms with Gasteiger partial charge >= 0.3 is 0 Å². The van der Waals surface area contributed by atoms with E-state index >= 15 is 0 Å². The van der Waals surface area contributed by atoms with Crippen molar-refractivity contribution in [2.75, 3.05) is 0 Å². The molecule has 7 nitrogen and oxygen atoms in total. The van der Waals surface area contributed by atoms with Crippen LogP contribution < -0.4 is 16.7 Å². The lowest BCUT2D eigenvalue weighted by Gasteiger charge is -2.08. The Morgan fingerprint density at radius 3 is 2.56 bits per heavy atom. The second-order valence-electron chi connectivity index (χ2n) is 6.06. The van der Waals surface area contributed by atoms with Gasteiger partial charge in [0, 0.05) is 11.8 Å². The Hall–Kier alpha value is -3.99. The molecule has 0 atom stereocenters. The third-order valence-corrected chi connectivity index (χ3v) is 4.33. The van der Waals surface area contributed by atoms with Gasteiger partial charge in [0.15, 0.2) is 0 Å². The minimum absolute atomic E-state index is 0.0154. The molecule has 8 heteroatoms. The van der Waals surface area contributed by atoms with Crippen LogP contribution in [0, 0.1) is 17.1 Å². The highest BCUT2D eigenvalue weighted by atomic mass is 19.1. The first-order valence-corrected chi connectivity index (χ1v) is 7.94. The van der Waals surface area contributed by atoms with Gasteiger partial charge in [0.25, 0.3) is 16.7 Å². The summed E-state index contributed by atoms with van der Waals surface area (Å²) in [4.78, 5) is 41.8. The maximum absolute atomic E-state index is 13.3. The number of aromatic nitrogens is 3. The number of benzene rings is 1. The fourth-order valence-electron chi connectivity index (χ4n) is 2.97. The van der Waals surface area contributed by atoms with Crippen LogP contribution in [0.1, 0.15) is 11.1 Å². The van der Waals surface area contributed by atoms with Crippen LogP contribution in [-0.2, 0) is 6.54 Å². The van der Waals surface area contributed by atoms with Gasteiger partial charge < -0.3 is 14.5 Å². The predicted molar refractivity (Wildman–Crippen MR) is 97.2 cm³/mol. The SMILES string of the molecule is N#Cc1cc2c(=O)n(Cc3cc4ccc(F)cc4[nH]c3=O)ccc2[nH]c1=O. The summed E-state index contributed by atoms with van der Waals surface area (Å²) in [6, 6.07) is 10.2. The van der Waals surface area contributed by atoms with Crippen LogP contribution in [0.5, 0.6) is 0 Å². The Morgan fingerprint density at radius 2 is 1.78 bits per heavy atom. The molecule has 0 unspecified atom stereocenters. The number of hydrogen-bond donors (Lipinski definition) is 2. The molecule has 0 bridgehead atoms. The van der Waals surface area contributed by atoms with Crippen molar-refractivity contribution < 1.29 is 4.39 Å². The van der Waals surface area contributed by atoms with E-state index in [2.05, 4.69) is 9.97 Å². The highest BCUT2D eigenvalue weighted by molar-refractivity contribution is 5.79. The fourth-order valence-corrected chi connectivity index (χ4v) is 2.97. The molecule has 0 radical (unpaired) electrons. The molecule has 132 valence electrons. The van der Waals surface area contributed by atoms with Crippen LogP contribution in [0.15, 0.2) is 57.0 Å². The number of nitrogens with one attached hydrogen (secondary N) is 2. The van der Waals surface area contributed by atoms with Crippen molar-refractivity contribution in [3.63, 3.8) is 0 Å². The van der Waals surface area contributed by atoms with Crippen molar-refractivity contribution in [2.45, 2.75) is 6.54 Å². The number of hydrogen-bond acceptors (Lipinski definition) is 4. The van der Waals surface area contributed by atoms with E-state index in [1.54, 1.807) is 12.1 Å². The summed E-state index contributed by atoms with van der Waals surface area (Å²) in [5, 5.41) is 9.79. The molecule has 1 aromatic carbocycles. The zero-order valence-electron chi connectivity index (χ0n) is 13.7. The van der Waals surface area contributed by atoms with E-state index in [0.29, 0.717) is 22.0 Å². The van der Waals surface area contributed by atoms with Gasteiger partial charge in [-0.25, -0.2) is 4.39 Å². The third-order valence-electron chi connectivity index (χ3n) is 4.33. The molecule has 0 spiro atoms. The van der Waals surface area contributed by atoms with E-state index in [-0.39, 0.29) is 17.5 Å². The van der Waals surface area contributed by atoms with Gasteiger partial charge in [-0.15, -0.1) is 0 Å². The van der Waals surface area contributed by atoms with E-state index in [4.69, 9.17) is 5.26 Å². The van der Waals surface area contributed by atoms with Gasteiger partial charge in [-0.1, -0.05) is 0 Å². The molecule has 3 aromatic heterocycles. The predicted octanol–water partition coefficient (Wildman–Crippen LogP) is 1.59. The molecule has 27 heavy (non-hydrogen) atoms. The van der Waals surface area contributed by atoms with E-state index < -0.39 is 22.5 Å². The number of pyridine rings is 3. The zero-order chi connectivity index (χ0) is 19.1. The monoisotopic (exact) mass is 362 g/mol. The Balaban J connectivity index is 1.85. The number of halogens is 1. The van der Waals surface area contributed by atoms with Crippen LogP contribution in [0.4, 0.5) is 4.39 Å². The van der Waals surface area contributed by atoms with Crippen molar-refractivity contribution in [2.24, 2.45) is 0 Å². The normalized spacial score (nSPS) is 11.0. The second-order valence-corrected chi connectivity index (χ2v) is 6.06. The Kier molecular flexibility index (Phi) is 3.70. The quantitative estimate of drug-likeness (QED) is 0.564. The van der Waals surface area contributed by atoms with Crippen LogP contribution in [-0.4, -0.2) is 14.5 Å². The van der Waals surface area contributed by atoms with Gasteiger partial charge in [0.2, 0.25) is 0 Å². The molecule has 0 saturated heterocycles. The number of nitriles is 1. The number of fused-ring (bicyclic) bond motifs is 2. The molecule has 0 aliphatic carbocycles. The van der Waals surface area contributed by atoms with E-state index in [1.165, 1.54) is 41.1 Å². The molecule has 0 aliphatic heterocycles. The van der Waals surface area contributed by atoms with Crippen LogP contribution in [0.2, 0.25) is 0 Å². The summed E-state index contributed by atoms with van der Waals surface area (Å²) < 4.78 is 14.6. The molecule has 4 aromatic rings. The maximum atomic E-state index is 13.3. The fraction of sp³-hybridized carbons (Fsp3) is 0.0526. The molecule has 3 heterocycles. The highest BCUT2D eigenvalue weighted by Crippen LogP contribution is 2.13. The number of aromatic amines is 2. The van der Waals surface area contributed by atoms with Crippen molar-refractivity contribution in [3.8, 4) is 6.07 Å². The molecule has 4 rings (SSSR count). The molecule has 0 fully saturated rings. The Bertz CT molecular complexity index is 1440. The summed E-state index contributed by atoms with van der Waals surface area (Å²) >= 11 is 0. The maximum Gasteiger partial charge on any atom is 0.266 e. The first-order chi connectivity index (χ1) is 13.0. The van der Waals surface area contributed by atoms with Crippen LogP contribution in [0.3, 0.4) is 0 Å². The standard InChI is InChI=1S/C19H11FN4O3/c20-13-2-1-10-5-12(18(26)23-16(10)7-13)9-24-4-3-15-14(19(24)27)6-11(8-21)17(25)22-15/h1-7H,9H2,(H,22,25)(H,23,26). The molecule has 0 aliphatic rings.